The molecule has 0 N–H and O–H groups in total. The van der Waals surface area contributed by atoms with Gasteiger partial charge in [0.2, 0.25) is 5.91 Å². The molecular weight excluding hydrogens is 312 g/mol. The highest BCUT2D eigenvalue weighted by Crippen LogP contribution is 2.22. The van der Waals surface area contributed by atoms with Crippen molar-refractivity contribution in [2.24, 2.45) is 0 Å². The molecule has 0 aliphatic heterocycles. The number of imidazole rings is 1. The Morgan fingerprint density at radius 2 is 1.88 bits per heavy atom. The van der Waals surface area contributed by atoms with Crippen LogP contribution in [0.25, 0.3) is 16.7 Å². The van der Waals surface area contributed by atoms with Crippen molar-refractivity contribution in [2.75, 3.05) is 13.6 Å². The van der Waals surface area contributed by atoms with Gasteiger partial charge < -0.3 is 4.90 Å². The first-order chi connectivity index (χ1) is 12.2. The van der Waals surface area contributed by atoms with Crippen molar-refractivity contribution in [3.63, 3.8) is 0 Å². The highest BCUT2D eigenvalue weighted by Gasteiger charge is 2.15. The zero-order chi connectivity index (χ0) is 17.6. The summed E-state index contributed by atoms with van der Waals surface area (Å²) in [5.74, 6) is 0.899. The number of hydrogen-bond acceptors (Lipinski definition) is 3. The first-order valence-electron chi connectivity index (χ1n) is 8.33. The van der Waals surface area contributed by atoms with E-state index in [4.69, 9.17) is 10.2 Å². The van der Waals surface area contributed by atoms with E-state index in [1.165, 1.54) is 0 Å². The number of nitriles is 1. The van der Waals surface area contributed by atoms with Gasteiger partial charge in [-0.2, -0.15) is 5.26 Å². The van der Waals surface area contributed by atoms with Gasteiger partial charge >= 0.3 is 0 Å². The van der Waals surface area contributed by atoms with Crippen LogP contribution in [0.3, 0.4) is 0 Å². The van der Waals surface area contributed by atoms with E-state index in [0.29, 0.717) is 25.8 Å². The van der Waals surface area contributed by atoms with E-state index < -0.39 is 0 Å². The maximum Gasteiger partial charge on any atom is 0.222 e. The molecule has 0 fully saturated rings. The van der Waals surface area contributed by atoms with E-state index in [-0.39, 0.29) is 5.91 Å². The Kier molecular flexibility index (Phi) is 5.10. The monoisotopic (exact) mass is 332 g/mol. The van der Waals surface area contributed by atoms with Crippen LogP contribution in [0.4, 0.5) is 0 Å². The molecule has 3 aromatic rings. The van der Waals surface area contributed by atoms with E-state index >= 15 is 0 Å². The van der Waals surface area contributed by atoms with Gasteiger partial charge in [-0.15, -0.1) is 0 Å². The summed E-state index contributed by atoms with van der Waals surface area (Å²) in [6, 6.07) is 20.1. The molecule has 0 radical (unpaired) electrons. The van der Waals surface area contributed by atoms with Gasteiger partial charge in [0.05, 0.1) is 23.5 Å². The summed E-state index contributed by atoms with van der Waals surface area (Å²) in [5.41, 5.74) is 3.00. The van der Waals surface area contributed by atoms with Gasteiger partial charge in [-0.3, -0.25) is 9.36 Å². The molecule has 0 unspecified atom stereocenters. The maximum atomic E-state index is 12.3. The minimum absolute atomic E-state index is 0.0296. The summed E-state index contributed by atoms with van der Waals surface area (Å²) in [6.07, 6.45) is 1.28. The SMILES string of the molecule is CN(CCC#N)C(=O)CCc1nc2ccccc2n1-c1ccccc1. The van der Waals surface area contributed by atoms with Crippen molar-refractivity contribution in [3.8, 4) is 11.8 Å². The minimum Gasteiger partial charge on any atom is -0.345 e. The Labute approximate surface area is 147 Å². The fraction of sp³-hybridized carbons (Fsp3) is 0.250. The number of fused-ring (bicyclic) bond motifs is 1. The number of rotatable bonds is 6. The van der Waals surface area contributed by atoms with Gasteiger partial charge in [0.25, 0.3) is 0 Å². The zero-order valence-electron chi connectivity index (χ0n) is 14.2. The quantitative estimate of drug-likeness (QED) is 0.695. The standard InChI is InChI=1S/C20H20N4O/c1-23(15-7-14-21)20(25)13-12-19-22-17-10-5-6-11-18(17)24(19)16-8-3-2-4-9-16/h2-6,8-11H,7,12-13,15H2,1H3. The third-order valence-electron chi connectivity index (χ3n) is 4.19. The molecule has 3 rings (SSSR count). The third kappa shape index (κ3) is 3.69. The van der Waals surface area contributed by atoms with Crippen molar-refractivity contribution < 1.29 is 4.79 Å². The predicted octanol–water partition coefficient (Wildman–Crippen LogP) is 3.33. The van der Waals surface area contributed by atoms with Crippen LogP contribution in [0.5, 0.6) is 0 Å². The lowest BCUT2D eigenvalue weighted by atomic mass is 10.2. The summed E-state index contributed by atoms with van der Waals surface area (Å²) < 4.78 is 2.11. The fourth-order valence-corrected chi connectivity index (χ4v) is 2.86. The highest BCUT2D eigenvalue weighted by atomic mass is 16.2. The zero-order valence-corrected chi connectivity index (χ0v) is 14.2. The van der Waals surface area contributed by atoms with Crippen molar-refractivity contribution in [1.29, 1.82) is 5.26 Å². The predicted molar refractivity (Wildman–Crippen MR) is 97.3 cm³/mol. The number of amides is 1. The highest BCUT2D eigenvalue weighted by molar-refractivity contribution is 5.79. The van der Waals surface area contributed by atoms with Gasteiger partial charge in [-0.25, -0.2) is 4.98 Å². The second kappa shape index (κ2) is 7.63. The average Bonchev–Trinajstić information content (AvgIpc) is 3.03. The number of aromatic nitrogens is 2. The lowest BCUT2D eigenvalue weighted by Gasteiger charge is -2.15. The molecule has 5 heteroatoms. The van der Waals surface area contributed by atoms with Crippen LogP contribution in [-0.4, -0.2) is 34.0 Å². The molecule has 5 nitrogen and oxygen atoms in total. The van der Waals surface area contributed by atoms with E-state index in [1.807, 2.05) is 54.6 Å². The first kappa shape index (κ1) is 16.7. The third-order valence-corrected chi connectivity index (χ3v) is 4.19. The molecule has 126 valence electrons. The molecular formula is C20H20N4O. The van der Waals surface area contributed by atoms with Crippen molar-refractivity contribution >= 4 is 16.9 Å². The van der Waals surface area contributed by atoms with E-state index in [2.05, 4.69) is 10.6 Å². The van der Waals surface area contributed by atoms with Gasteiger partial charge in [-0.05, 0) is 24.3 Å². The topological polar surface area (TPSA) is 61.9 Å². The van der Waals surface area contributed by atoms with Crippen LogP contribution in [0, 0.1) is 11.3 Å². The van der Waals surface area contributed by atoms with Crippen LogP contribution in [0.2, 0.25) is 0 Å². The number of aryl methyl sites for hydroxylation is 1. The summed E-state index contributed by atoms with van der Waals surface area (Å²) in [5, 5.41) is 8.65. The lowest BCUT2D eigenvalue weighted by molar-refractivity contribution is -0.129. The van der Waals surface area contributed by atoms with Crippen molar-refractivity contribution in [2.45, 2.75) is 19.3 Å². The van der Waals surface area contributed by atoms with Crippen LogP contribution < -0.4 is 0 Å². The molecule has 2 aromatic carbocycles. The molecule has 0 saturated carbocycles. The van der Waals surface area contributed by atoms with Gasteiger partial charge in [0.1, 0.15) is 5.82 Å². The number of hydrogen-bond donors (Lipinski definition) is 0. The summed E-state index contributed by atoms with van der Waals surface area (Å²) in [6.45, 7) is 0.463. The Balaban J connectivity index is 1.87. The molecule has 0 saturated heterocycles. The molecule has 0 aliphatic rings. The molecule has 1 aromatic heterocycles. The lowest BCUT2D eigenvalue weighted by Crippen LogP contribution is -2.28. The normalized spacial score (nSPS) is 10.6. The van der Waals surface area contributed by atoms with Gasteiger partial charge in [0, 0.05) is 32.1 Å². The van der Waals surface area contributed by atoms with Gasteiger partial charge in [-0.1, -0.05) is 30.3 Å². The number of carbonyl (C=O) groups is 1. The van der Waals surface area contributed by atoms with E-state index in [0.717, 1.165) is 22.5 Å². The Hall–Kier alpha value is -3.13. The first-order valence-corrected chi connectivity index (χ1v) is 8.33. The van der Waals surface area contributed by atoms with Gasteiger partial charge in [0.15, 0.2) is 0 Å². The molecule has 0 spiro atoms. The van der Waals surface area contributed by atoms with Crippen LogP contribution in [0.15, 0.2) is 54.6 Å². The Morgan fingerprint density at radius 3 is 2.64 bits per heavy atom. The fourth-order valence-electron chi connectivity index (χ4n) is 2.86. The van der Waals surface area contributed by atoms with E-state index in [9.17, 15) is 4.79 Å². The number of para-hydroxylation sites is 3. The van der Waals surface area contributed by atoms with E-state index in [1.54, 1.807) is 11.9 Å². The number of carbonyl (C=O) groups excluding carboxylic acids is 1. The molecule has 0 atom stereocenters. The average molecular weight is 332 g/mol. The summed E-state index contributed by atoms with van der Waals surface area (Å²) in [7, 11) is 1.74. The van der Waals surface area contributed by atoms with Crippen molar-refractivity contribution in [3.05, 3.63) is 60.4 Å². The Morgan fingerprint density at radius 1 is 1.16 bits per heavy atom. The Bertz CT molecular complexity index is 908. The van der Waals surface area contributed by atoms with Crippen molar-refractivity contribution in [1.82, 2.24) is 14.5 Å². The van der Waals surface area contributed by atoms with Crippen LogP contribution in [0.1, 0.15) is 18.7 Å². The smallest absolute Gasteiger partial charge is 0.222 e. The summed E-state index contributed by atoms with van der Waals surface area (Å²) in [4.78, 5) is 18.6. The summed E-state index contributed by atoms with van der Waals surface area (Å²) >= 11 is 0. The molecule has 0 aliphatic carbocycles. The van der Waals surface area contributed by atoms with Crippen LogP contribution in [-0.2, 0) is 11.2 Å². The molecule has 1 amide bonds. The molecule has 25 heavy (non-hydrogen) atoms. The molecule has 0 bridgehead atoms. The number of benzene rings is 2. The second-order valence-electron chi connectivity index (χ2n) is 5.91. The van der Waals surface area contributed by atoms with Crippen LogP contribution >= 0.6 is 0 Å². The molecule has 1 heterocycles. The maximum absolute atomic E-state index is 12.3. The second-order valence-corrected chi connectivity index (χ2v) is 5.91. The largest absolute Gasteiger partial charge is 0.345 e. The minimum atomic E-state index is 0.0296. The number of nitrogens with zero attached hydrogens (tertiary/aromatic N) is 4.